The third-order valence-electron chi connectivity index (χ3n) is 3.13. The third-order valence-corrected chi connectivity index (χ3v) is 4.26. The van der Waals surface area contributed by atoms with Gasteiger partial charge in [0.05, 0.1) is 10.7 Å². The van der Waals surface area contributed by atoms with Crippen molar-refractivity contribution >= 4 is 46.5 Å². The van der Waals surface area contributed by atoms with Crippen LogP contribution in [0.3, 0.4) is 0 Å². The normalized spacial score (nSPS) is 10.6. The van der Waals surface area contributed by atoms with E-state index >= 15 is 0 Å². The van der Waals surface area contributed by atoms with Crippen LogP contribution in [-0.2, 0) is 11.3 Å². The van der Waals surface area contributed by atoms with E-state index in [1.165, 1.54) is 0 Å². The maximum absolute atomic E-state index is 12.1. The number of pyridine rings is 1. The number of benzene rings is 1. The summed E-state index contributed by atoms with van der Waals surface area (Å²) in [4.78, 5) is 16.0. The van der Waals surface area contributed by atoms with Crippen LogP contribution in [0, 0.1) is 13.8 Å². The van der Waals surface area contributed by atoms with Crippen LogP contribution in [0.2, 0.25) is 15.2 Å². The highest BCUT2D eigenvalue weighted by Crippen LogP contribution is 2.34. The lowest BCUT2D eigenvalue weighted by atomic mass is 10.1. The number of ether oxygens (including phenoxy) is 1. The van der Waals surface area contributed by atoms with Crippen LogP contribution >= 0.6 is 34.8 Å². The number of aryl methyl sites for hydroxylation is 2. The van der Waals surface area contributed by atoms with E-state index < -0.39 is 5.97 Å². The maximum Gasteiger partial charge on any atom is 0.358 e. The number of hydrogen-bond donors (Lipinski definition) is 1. The van der Waals surface area contributed by atoms with Gasteiger partial charge in [0.15, 0.2) is 10.8 Å². The Labute approximate surface area is 143 Å². The number of nitrogens with two attached hydrogens (primary N) is 1. The number of rotatable bonds is 3. The Balaban J connectivity index is 2.22. The predicted molar refractivity (Wildman–Crippen MR) is 88.7 cm³/mol. The Morgan fingerprint density at radius 3 is 2.59 bits per heavy atom. The molecule has 116 valence electrons. The largest absolute Gasteiger partial charge is 0.456 e. The molecule has 0 atom stereocenters. The van der Waals surface area contributed by atoms with Crippen LogP contribution in [0.1, 0.15) is 27.2 Å². The number of nitrogen functional groups attached to an aromatic ring is 1. The molecule has 0 amide bonds. The molecule has 22 heavy (non-hydrogen) atoms. The standard InChI is InChI=1S/C15H13Cl3N2O2/c1-7-3-4-8(2)9(5-7)6-22-15(21)13-10(16)12(19)11(17)14(18)20-13/h3-5H,6H2,1-2H3,(H2,19,20). The summed E-state index contributed by atoms with van der Waals surface area (Å²) in [5.74, 6) is -0.712. The number of esters is 1. The van der Waals surface area contributed by atoms with Crippen molar-refractivity contribution in [1.82, 2.24) is 4.98 Å². The molecule has 1 heterocycles. The van der Waals surface area contributed by atoms with Crippen LogP contribution in [0.15, 0.2) is 18.2 Å². The van der Waals surface area contributed by atoms with E-state index in [4.69, 9.17) is 45.3 Å². The van der Waals surface area contributed by atoms with Crippen molar-refractivity contribution in [3.63, 3.8) is 0 Å². The molecule has 0 saturated carbocycles. The van der Waals surface area contributed by atoms with E-state index in [1.54, 1.807) is 0 Å². The quantitative estimate of drug-likeness (QED) is 0.642. The lowest BCUT2D eigenvalue weighted by Crippen LogP contribution is -2.10. The highest BCUT2D eigenvalue weighted by atomic mass is 35.5. The second kappa shape index (κ2) is 6.73. The fourth-order valence-corrected chi connectivity index (χ4v) is 2.42. The highest BCUT2D eigenvalue weighted by molar-refractivity contribution is 6.46. The van der Waals surface area contributed by atoms with Crippen molar-refractivity contribution in [3.8, 4) is 0 Å². The van der Waals surface area contributed by atoms with Crippen LogP contribution in [0.5, 0.6) is 0 Å². The van der Waals surface area contributed by atoms with Crippen molar-refractivity contribution in [2.45, 2.75) is 20.5 Å². The average Bonchev–Trinajstić information content (AvgIpc) is 2.49. The summed E-state index contributed by atoms with van der Waals surface area (Å²) in [6.45, 7) is 4.00. The summed E-state index contributed by atoms with van der Waals surface area (Å²) in [6, 6.07) is 5.89. The smallest absolute Gasteiger partial charge is 0.358 e. The molecule has 0 aliphatic heterocycles. The minimum absolute atomic E-state index is 0.00187. The van der Waals surface area contributed by atoms with Crippen LogP contribution in [0.25, 0.3) is 0 Å². The van der Waals surface area contributed by atoms with Gasteiger partial charge in [-0.05, 0) is 25.0 Å². The molecule has 0 bridgehead atoms. The second-order valence-electron chi connectivity index (χ2n) is 4.80. The second-order valence-corrected chi connectivity index (χ2v) is 5.91. The van der Waals surface area contributed by atoms with Gasteiger partial charge in [-0.1, -0.05) is 58.6 Å². The Hall–Kier alpha value is -1.49. The molecule has 1 aromatic carbocycles. The summed E-state index contributed by atoms with van der Waals surface area (Å²) >= 11 is 17.6. The summed E-state index contributed by atoms with van der Waals surface area (Å²) in [5.41, 5.74) is 8.52. The van der Waals surface area contributed by atoms with Gasteiger partial charge in [-0.2, -0.15) is 0 Å². The van der Waals surface area contributed by atoms with Crippen LogP contribution in [-0.4, -0.2) is 11.0 Å². The van der Waals surface area contributed by atoms with E-state index in [9.17, 15) is 4.79 Å². The zero-order chi connectivity index (χ0) is 16.4. The molecule has 0 radical (unpaired) electrons. The summed E-state index contributed by atoms with van der Waals surface area (Å²) in [5, 5.41) is -0.152. The maximum atomic E-state index is 12.1. The summed E-state index contributed by atoms with van der Waals surface area (Å²) in [6.07, 6.45) is 0. The number of halogens is 3. The van der Waals surface area contributed by atoms with Crippen molar-refractivity contribution in [1.29, 1.82) is 0 Å². The van der Waals surface area contributed by atoms with Gasteiger partial charge in [-0.3, -0.25) is 0 Å². The first-order valence-corrected chi connectivity index (χ1v) is 7.48. The Morgan fingerprint density at radius 1 is 1.23 bits per heavy atom. The molecule has 0 unspecified atom stereocenters. The van der Waals surface area contributed by atoms with Gasteiger partial charge in [0.25, 0.3) is 0 Å². The molecule has 0 aliphatic rings. The van der Waals surface area contributed by atoms with E-state index in [2.05, 4.69) is 4.98 Å². The zero-order valence-electron chi connectivity index (χ0n) is 11.9. The molecular weight excluding hydrogens is 347 g/mol. The monoisotopic (exact) mass is 358 g/mol. The number of carbonyl (C=O) groups excluding carboxylic acids is 1. The minimum atomic E-state index is -0.712. The number of aromatic nitrogens is 1. The first-order valence-electron chi connectivity index (χ1n) is 6.34. The SMILES string of the molecule is Cc1ccc(C)c(COC(=O)c2nc(Cl)c(Cl)c(N)c2Cl)c1. The van der Waals surface area contributed by atoms with Crippen LogP contribution in [0.4, 0.5) is 5.69 Å². The molecule has 0 spiro atoms. The van der Waals surface area contributed by atoms with Crippen molar-refractivity contribution in [2.24, 2.45) is 0 Å². The van der Waals surface area contributed by atoms with Gasteiger partial charge >= 0.3 is 5.97 Å². The molecule has 2 N–H and O–H groups in total. The van der Waals surface area contributed by atoms with Gasteiger partial charge in [-0.15, -0.1) is 0 Å². The zero-order valence-corrected chi connectivity index (χ0v) is 14.2. The fraction of sp³-hybridized carbons (Fsp3) is 0.200. The first-order chi connectivity index (χ1) is 10.3. The van der Waals surface area contributed by atoms with Gasteiger partial charge in [0, 0.05) is 0 Å². The summed E-state index contributed by atoms with van der Waals surface area (Å²) < 4.78 is 5.24. The number of anilines is 1. The minimum Gasteiger partial charge on any atom is -0.456 e. The molecule has 0 aliphatic carbocycles. The van der Waals surface area contributed by atoms with E-state index in [0.717, 1.165) is 16.7 Å². The van der Waals surface area contributed by atoms with E-state index in [-0.39, 0.29) is 33.2 Å². The number of nitrogens with zero attached hydrogens (tertiary/aromatic N) is 1. The molecule has 7 heteroatoms. The van der Waals surface area contributed by atoms with Crippen LogP contribution < -0.4 is 5.73 Å². The van der Waals surface area contributed by atoms with Gasteiger partial charge in [-0.25, -0.2) is 9.78 Å². The van der Waals surface area contributed by atoms with Gasteiger partial charge in [0.2, 0.25) is 0 Å². The highest BCUT2D eigenvalue weighted by Gasteiger charge is 2.21. The third kappa shape index (κ3) is 3.46. The molecule has 2 aromatic rings. The van der Waals surface area contributed by atoms with E-state index in [1.807, 2.05) is 32.0 Å². The van der Waals surface area contributed by atoms with Crippen molar-refractivity contribution < 1.29 is 9.53 Å². The number of carbonyl (C=O) groups is 1. The lowest BCUT2D eigenvalue weighted by Gasteiger charge is -2.11. The molecule has 4 nitrogen and oxygen atoms in total. The lowest BCUT2D eigenvalue weighted by molar-refractivity contribution is 0.0465. The number of hydrogen-bond acceptors (Lipinski definition) is 4. The first kappa shape index (κ1) is 16.9. The molecular formula is C15H13Cl3N2O2. The molecule has 2 rings (SSSR count). The Morgan fingerprint density at radius 2 is 1.91 bits per heavy atom. The Kier molecular flexibility index (Phi) is 5.16. The van der Waals surface area contributed by atoms with E-state index in [0.29, 0.717) is 0 Å². The topological polar surface area (TPSA) is 65.2 Å². The Bertz CT molecular complexity index is 748. The van der Waals surface area contributed by atoms with Gasteiger partial charge in [0.1, 0.15) is 11.6 Å². The van der Waals surface area contributed by atoms with Gasteiger partial charge < -0.3 is 10.5 Å². The van der Waals surface area contributed by atoms with Crippen molar-refractivity contribution in [2.75, 3.05) is 5.73 Å². The van der Waals surface area contributed by atoms with Crippen molar-refractivity contribution in [3.05, 3.63) is 55.8 Å². The predicted octanol–water partition coefficient (Wildman–Crippen LogP) is 4.60. The fourth-order valence-electron chi connectivity index (χ4n) is 1.83. The molecule has 1 aromatic heterocycles. The average molecular weight is 360 g/mol. The molecule has 0 fully saturated rings. The summed E-state index contributed by atoms with van der Waals surface area (Å²) in [7, 11) is 0. The molecule has 0 saturated heterocycles.